The van der Waals surface area contributed by atoms with Crippen molar-refractivity contribution < 1.29 is 9.53 Å². The van der Waals surface area contributed by atoms with Crippen LogP contribution in [-0.4, -0.2) is 49.6 Å². The first-order chi connectivity index (χ1) is 13.5. The molecule has 1 saturated heterocycles. The fourth-order valence-corrected chi connectivity index (χ4v) is 3.62. The first-order valence-electron chi connectivity index (χ1n) is 10.1. The van der Waals surface area contributed by atoms with E-state index in [1.807, 2.05) is 58.0 Å². The van der Waals surface area contributed by atoms with Crippen LogP contribution < -0.4 is 15.0 Å². The summed E-state index contributed by atoms with van der Waals surface area (Å²) in [6.45, 7) is 12.2. The number of para-hydroxylation sites is 2. The Kier molecular flexibility index (Phi) is 6.57. The Morgan fingerprint density at radius 2 is 1.82 bits per heavy atom. The second-order valence-electron chi connectivity index (χ2n) is 7.41. The Labute approximate surface area is 168 Å². The van der Waals surface area contributed by atoms with E-state index in [-0.39, 0.29) is 11.9 Å². The number of piperazine rings is 1. The van der Waals surface area contributed by atoms with Crippen molar-refractivity contribution in [2.75, 3.05) is 43.0 Å². The molecule has 0 saturated carbocycles. The van der Waals surface area contributed by atoms with Crippen LogP contribution in [0, 0.1) is 13.8 Å². The third-order valence-corrected chi connectivity index (χ3v) is 5.40. The maximum atomic E-state index is 12.8. The summed E-state index contributed by atoms with van der Waals surface area (Å²) < 4.78 is 5.77. The largest absolute Gasteiger partial charge is 0.492 e. The average molecular weight is 382 g/mol. The molecule has 5 heteroatoms. The Hall–Kier alpha value is -2.53. The lowest BCUT2D eigenvalue weighted by atomic mass is 10.1. The first-order valence-corrected chi connectivity index (χ1v) is 10.1. The van der Waals surface area contributed by atoms with Gasteiger partial charge in [0.2, 0.25) is 5.91 Å². The summed E-state index contributed by atoms with van der Waals surface area (Å²) in [5.74, 6) is 0.982. The average Bonchev–Trinajstić information content (AvgIpc) is 2.71. The zero-order valence-corrected chi connectivity index (χ0v) is 17.4. The highest BCUT2D eigenvalue weighted by Crippen LogP contribution is 2.29. The van der Waals surface area contributed by atoms with E-state index in [9.17, 15) is 4.79 Å². The van der Waals surface area contributed by atoms with E-state index < -0.39 is 0 Å². The highest BCUT2D eigenvalue weighted by atomic mass is 16.5. The van der Waals surface area contributed by atoms with Crippen LogP contribution in [0.1, 0.15) is 25.0 Å². The number of rotatable bonds is 6. The maximum Gasteiger partial charge on any atom is 0.241 e. The molecule has 1 heterocycles. The van der Waals surface area contributed by atoms with Gasteiger partial charge in [-0.25, -0.2) is 0 Å². The van der Waals surface area contributed by atoms with Crippen molar-refractivity contribution in [2.24, 2.45) is 0 Å². The number of nitrogens with zero attached hydrogens (tertiary/aromatic N) is 2. The van der Waals surface area contributed by atoms with Gasteiger partial charge in [0.15, 0.2) is 0 Å². The molecule has 1 fully saturated rings. The molecule has 1 aliphatic rings. The van der Waals surface area contributed by atoms with Gasteiger partial charge in [-0.3, -0.25) is 9.69 Å². The SMILES string of the molecule is CCOc1ccccc1N1CCN([C@@H](C)C(=O)Nc2cc(C)ccc2C)CC1. The minimum Gasteiger partial charge on any atom is -0.492 e. The maximum absolute atomic E-state index is 12.8. The molecular weight excluding hydrogens is 350 g/mol. The van der Waals surface area contributed by atoms with Crippen LogP contribution in [0.3, 0.4) is 0 Å². The first kappa shape index (κ1) is 20.2. The van der Waals surface area contributed by atoms with Gasteiger partial charge in [-0.05, 0) is 57.0 Å². The molecule has 0 unspecified atom stereocenters. The number of benzene rings is 2. The monoisotopic (exact) mass is 381 g/mol. The molecule has 1 amide bonds. The standard InChI is InChI=1S/C23H31N3O2/c1-5-28-22-9-7-6-8-21(22)26-14-12-25(13-15-26)19(4)23(27)24-20-16-17(2)10-11-18(20)3/h6-11,16,19H,5,12-15H2,1-4H3,(H,24,27)/t19-/m0/s1. The number of carbonyl (C=O) groups excluding carboxylic acids is 1. The summed E-state index contributed by atoms with van der Waals surface area (Å²) in [5.41, 5.74) is 4.27. The van der Waals surface area contributed by atoms with Crippen molar-refractivity contribution in [1.29, 1.82) is 0 Å². The molecule has 1 N–H and O–H groups in total. The summed E-state index contributed by atoms with van der Waals surface area (Å²) in [7, 11) is 0. The van der Waals surface area contributed by atoms with Crippen LogP contribution in [-0.2, 0) is 4.79 Å². The molecule has 5 nitrogen and oxygen atoms in total. The third-order valence-electron chi connectivity index (χ3n) is 5.40. The van der Waals surface area contributed by atoms with Gasteiger partial charge in [-0.2, -0.15) is 0 Å². The van der Waals surface area contributed by atoms with E-state index in [0.29, 0.717) is 6.61 Å². The molecule has 0 aliphatic carbocycles. The van der Waals surface area contributed by atoms with E-state index in [4.69, 9.17) is 4.74 Å². The van der Waals surface area contributed by atoms with E-state index in [0.717, 1.165) is 54.4 Å². The van der Waals surface area contributed by atoms with Crippen LogP contribution in [0.25, 0.3) is 0 Å². The lowest BCUT2D eigenvalue weighted by Crippen LogP contribution is -2.53. The second-order valence-corrected chi connectivity index (χ2v) is 7.41. The predicted octanol–water partition coefficient (Wildman–Crippen LogP) is 3.85. The summed E-state index contributed by atoms with van der Waals surface area (Å²) in [6, 6.07) is 14.2. The predicted molar refractivity (Wildman–Crippen MR) is 115 cm³/mol. The normalized spacial score (nSPS) is 15.9. The molecule has 1 aliphatic heterocycles. The molecule has 0 spiro atoms. The Morgan fingerprint density at radius 3 is 2.54 bits per heavy atom. The zero-order valence-electron chi connectivity index (χ0n) is 17.4. The molecule has 0 aromatic heterocycles. The van der Waals surface area contributed by atoms with E-state index in [1.54, 1.807) is 0 Å². The molecule has 150 valence electrons. The van der Waals surface area contributed by atoms with Gasteiger partial charge in [0.25, 0.3) is 0 Å². The van der Waals surface area contributed by atoms with E-state index >= 15 is 0 Å². The summed E-state index contributed by atoms with van der Waals surface area (Å²) >= 11 is 0. The number of carbonyl (C=O) groups is 1. The molecule has 1 atom stereocenters. The zero-order chi connectivity index (χ0) is 20.1. The van der Waals surface area contributed by atoms with Crippen molar-refractivity contribution in [3.63, 3.8) is 0 Å². The van der Waals surface area contributed by atoms with Crippen molar-refractivity contribution in [2.45, 2.75) is 33.7 Å². The summed E-state index contributed by atoms with van der Waals surface area (Å²) in [4.78, 5) is 17.4. The third kappa shape index (κ3) is 4.65. The number of aryl methyl sites for hydroxylation is 2. The van der Waals surface area contributed by atoms with Crippen molar-refractivity contribution in [1.82, 2.24) is 4.90 Å². The van der Waals surface area contributed by atoms with Gasteiger partial charge in [-0.1, -0.05) is 24.3 Å². The minimum atomic E-state index is -0.163. The number of ether oxygens (including phenoxy) is 1. The molecule has 2 aromatic rings. The van der Waals surface area contributed by atoms with Gasteiger partial charge in [0.1, 0.15) is 5.75 Å². The Balaban J connectivity index is 1.60. The van der Waals surface area contributed by atoms with Crippen LogP contribution in [0.2, 0.25) is 0 Å². The lowest BCUT2D eigenvalue weighted by Gasteiger charge is -2.39. The highest BCUT2D eigenvalue weighted by molar-refractivity contribution is 5.95. The van der Waals surface area contributed by atoms with Crippen LogP contribution >= 0.6 is 0 Å². The van der Waals surface area contributed by atoms with Crippen molar-refractivity contribution >= 4 is 17.3 Å². The van der Waals surface area contributed by atoms with Crippen LogP contribution in [0.5, 0.6) is 5.75 Å². The van der Waals surface area contributed by atoms with E-state index in [2.05, 4.69) is 27.2 Å². The second kappa shape index (κ2) is 9.11. The number of anilines is 2. The quantitative estimate of drug-likeness (QED) is 0.825. The molecule has 2 aromatic carbocycles. The lowest BCUT2D eigenvalue weighted by molar-refractivity contribution is -0.120. The number of hydrogen-bond acceptors (Lipinski definition) is 4. The van der Waals surface area contributed by atoms with Crippen molar-refractivity contribution in [3.05, 3.63) is 53.6 Å². The summed E-state index contributed by atoms with van der Waals surface area (Å²) in [6.07, 6.45) is 0. The molecule has 0 bridgehead atoms. The molecule has 3 rings (SSSR count). The molecule has 0 radical (unpaired) electrons. The van der Waals surface area contributed by atoms with Gasteiger partial charge in [0.05, 0.1) is 18.3 Å². The molecule has 28 heavy (non-hydrogen) atoms. The Morgan fingerprint density at radius 1 is 1.11 bits per heavy atom. The fraction of sp³-hybridized carbons (Fsp3) is 0.435. The highest BCUT2D eigenvalue weighted by Gasteiger charge is 2.26. The van der Waals surface area contributed by atoms with Crippen LogP contribution in [0.4, 0.5) is 11.4 Å². The molecular formula is C23H31N3O2. The van der Waals surface area contributed by atoms with Crippen LogP contribution in [0.15, 0.2) is 42.5 Å². The van der Waals surface area contributed by atoms with E-state index in [1.165, 1.54) is 0 Å². The Bertz CT molecular complexity index is 813. The number of nitrogens with one attached hydrogen (secondary N) is 1. The topological polar surface area (TPSA) is 44.8 Å². The van der Waals surface area contributed by atoms with Gasteiger partial charge < -0.3 is 15.0 Å². The van der Waals surface area contributed by atoms with Gasteiger partial charge in [-0.15, -0.1) is 0 Å². The van der Waals surface area contributed by atoms with Gasteiger partial charge >= 0.3 is 0 Å². The minimum absolute atomic E-state index is 0.0527. The smallest absolute Gasteiger partial charge is 0.241 e. The van der Waals surface area contributed by atoms with Gasteiger partial charge in [0, 0.05) is 31.9 Å². The summed E-state index contributed by atoms with van der Waals surface area (Å²) in [5, 5.41) is 3.10. The fourth-order valence-electron chi connectivity index (χ4n) is 3.62. The number of hydrogen-bond donors (Lipinski definition) is 1. The van der Waals surface area contributed by atoms with Crippen molar-refractivity contribution in [3.8, 4) is 5.75 Å². The number of amides is 1.